The number of fused-ring (bicyclic) bond motifs is 1. The highest BCUT2D eigenvalue weighted by molar-refractivity contribution is 6.01. The summed E-state index contributed by atoms with van der Waals surface area (Å²) in [5.41, 5.74) is 0.406. The van der Waals surface area contributed by atoms with Crippen LogP contribution in [0.2, 0.25) is 0 Å². The Morgan fingerprint density at radius 3 is 2.50 bits per heavy atom. The van der Waals surface area contributed by atoms with Crippen molar-refractivity contribution in [2.45, 2.75) is 6.92 Å². The van der Waals surface area contributed by atoms with Gasteiger partial charge < -0.3 is 5.32 Å². The molecule has 2 rings (SSSR count). The number of nitrogens with one attached hydrogen (secondary N) is 1. The molecule has 0 unspecified atom stereocenters. The van der Waals surface area contributed by atoms with Crippen molar-refractivity contribution in [2.75, 3.05) is 5.32 Å². The fraction of sp³-hybridized carbons (Fsp3) is 0.0833. The van der Waals surface area contributed by atoms with Crippen LogP contribution in [0.4, 0.5) is 14.5 Å². The summed E-state index contributed by atoms with van der Waals surface area (Å²) in [4.78, 5) is 10.9. The first kappa shape index (κ1) is 10.5. The summed E-state index contributed by atoms with van der Waals surface area (Å²) in [6.07, 6.45) is 0. The van der Waals surface area contributed by atoms with E-state index in [1.165, 1.54) is 25.1 Å². The Bertz CT molecular complexity index is 558. The summed E-state index contributed by atoms with van der Waals surface area (Å²) in [5.74, 6) is -1.55. The first-order valence-electron chi connectivity index (χ1n) is 4.74. The third-order valence-electron chi connectivity index (χ3n) is 2.25. The van der Waals surface area contributed by atoms with E-state index >= 15 is 0 Å². The van der Waals surface area contributed by atoms with Crippen molar-refractivity contribution in [3.05, 3.63) is 42.0 Å². The van der Waals surface area contributed by atoms with Crippen LogP contribution in [0, 0.1) is 11.6 Å². The van der Waals surface area contributed by atoms with Gasteiger partial charge in [0.05, 0.1) is 5.39 Å². The molecule has 1 N–H and O–H groups in total. The molecule has 16 heavy (non-hydrogen) atoms. The third kappa shape index (κ3) is 1.74. The van der Waals surface area contributed by atoms with Gasteiger partial charge in [-0.2, -0.15) is 0 Å². The van der Waals surface area contributed by atoms with Gasteiger partial charge in [0.15, 0.2) is 0 Å². The lowest BCUT2D eigenvalue weighted by Crippen LogP contribution is -2.06. The van der Waals surface area contributed by atoms with E-state index in [2.05, 4.69) is 5.32 Å². The second-order valence-corrected chi connectivity index (χ2v) is 3.44. The van der Waals surface area contributed by atoms with Gasteiger partial charge in [-0.1, -0.05) is 12.1 Å². The van der Waals surface area contributed by atoms with Crippen molar-refractivity contribution in [3.63, 3.8) is 0 Å². The SMILES string of the molecule is CC(=O)Nc1ccc(F)c2c(F)cccc12. The van der Waals surface area contributed by atoms with Crippen LogP contribution in [0.3, 0.4) is 0 Å². The van der Waals surface area contributed by atoms with Gasteiger partial charge in [0.2, 0.25) is 5.91 Å². The predicted molar refractivity (Wildman–Crippen MR) is 58.2 cm³/mol. The molecular formula is C12H9F2NO. The maximum Gasteiger partial charge on any atom is 0.221 e. The molecule has 0 aliphatic heterocycles. The highest BCUT2D eigenvalue weighted by Gasteiger charge is 2.10. The number of carbonyl (C=O) groups is 1. The Kier molecular flexibility index (Phi) is 2.56. The predicted octanol–water partition coefficient (Wildman–Crippen LogP) is 3.08. The Morgan fingerprint density at radius 2 is 1.81 bits per heavy atom. The molecule has 0 saturated heterocycles. The summed E-state index contributed by atoms with van der Waals surface area (Å²) in [6.45, 7) is 1.34. The average molecular weight is 221 g/mol. The molecule has 82 valence electrons. The van der Waals surface area contributed by atoms with E-state index in [1.54, 1.807) is 6.07 Å². The van der Waals surface area contributed by atoms with Crippen LogP contribution in [-0.4, -0.2) is 5.91 Å². The van der Waals surface area contributed by atoms with E-state index in [-0.39, 0.29) is 11.3 Å². The minimum atomic E-state index is -0.637. The number of carbonyl (C=O) groups excluding carboxylic acids is 1. The zero-order chi connectivity index (χ0) is 11.7. The minimum Gasteiger partial charge on any atom is -0.326 e. The van der Waals surface area contributed by atoms with Gasteiger partial charge in [0.25, 0.3) is 0 Å². The molecule has 2 aromatic carbocycles. The third-order valence-corrected chi connectivity index (χ3v) is 2.25. The van der Waals surface area contributed by atoms with Crippen molar-refractivity contribution in [1.82, 2.24) is 0 Å². The first-order valence-corrected chi connectivity index (χ1v) is 4.74. The molecule has 0 aliphatic rings. The summed E-state index contributed by atoms with van der Waals surface area (Å²) < 4.78 is 26.8. The number of halogens is 2. The summed E-state index contributed by atoms with van der Waals surface area (Å²) in [5, 5.41) is 2.78. The second-order valence-electron chi connectivity index (χ2n) is 3.44. The van der Waals surface area contributed by atoms with E-state index in [1.807, 2.05) is 0 Å². The van der Waals surface area contributed by atoms with E-state index in [0.717, 1.165) is 6.07 Å². The zero-order valence-corrected chi connectivity index (χ0v) is 8.55. The van der Waals surface area contributed by atoms with E-state index in [0.29, 0.717) is 11.1 Å². The largest absolute Gasteiger partial charge is 0.326 e. The topological polar surface area (TPSA) is 29.1 Å². The lowest BCUT2D eigenvalue weighted by molar-refractivity contribution is -0.114. The number of rotatable bonds is 1. The Labute approximate surface area is 90.9 Å². The molecule has 1 amide bonds. The monoisotopic (exact) mass is 221 g/mol. The summed E-state index contributed by atoms with van der Waals surface area (Å²) in [6, 6.07) is 6.77. The van der Waals surface area contributed by atoms with Gasteiger partial charge in [-0.25, -0.2) is 8.78 Å². The maximum atomic E-state index is 13.4. The van der Waals surface area contributed by atoms with Crippen LogP contribution in [-0.2, 0) is 4.79 Å². The number of amides is 1. The average Bonchev–Trinajstić information content (AvgIpc) is 2.22. The van der Waals surface area contributed by atoms with Crippen molar-refractivity contribution in [3.8, 4) is 0 Å². The molecule has 0 atom stereocenters. The quantitative estimate of drug-likeness (QED) is 0.787. The van der Waals surface area contributed by atoms with Gasteiger partial charge >= 0.3 is 0 Å². The molecule has 0 spiro atoms. The molecule has 2 nitrogen and oxygen atoms in total. The van der Waals surface area contributed by atoms with Crippen molar-refractivity contribution >= 4 is 22.4 Å². The Balaban J connectivity index is 2.74. The molecule has 2 aromatic rings. The number of benzene rings is 2. The van der Waals surface area contributed by atoms with Crippen molar-refractivity contribution in [1.29, 1.82) is 0 Å². The van der Waals surface area contributed by atoms with Crippen LogP contribution in [0.1, 0.15) is 6.92 Å². The van der Waals surface area contributed by atoms with Gasteiger partial charge in [-0.3, -0.25) is 4.79 Å². The van der Waals surface area contributed by atoms with Crippen molar-refractivity contribution in [2.24, 2.45) is 0 Å². The fourth-order valence-electron chi connectivity index (χ4n) is 1.62. The van der Waals surface area contributed by atoms with Gasteiger partial charge in [-0.15, -0.1) is 0 Å². The Hall–Kier alpha value is -1.97. The molecule has 0 aromatic heterocycles. The maximum absolute atomic E-state index is 13.4. The van der Waals surface area contributed by atoms with E-state index < -0.39 is 11.6 Å². The minimum absolute atomic E-state index is 0.103. The molecule has 0 heterocycles. The van der Waals surface area contributed by atoms with Gasteiger partial charge in [-0.05, 0) is 18.2 Å². The standard InChI is InChI=1S/C12H9F2NO/c1-7(16)15-11-6-5-10(14)12-8(11)3-2-4-9(12)13/h2-6H,1H3,(H,15,16). The number of anilines is 1. The number of hydrogen-bond acceptors (Lipinski definition) is 1. The molecule has 0 saturated carbocycles. The normalized spacial score (nSPS) is 10.4. The van der Waals surface area contributed by atoms with Gasteiger partial charge in [0.1, 0.15) is 11.6 Å². The van der Waals surface area contributed by atoms with Crippen LogP contribution in [0.5, 0.6) is 0 Å². The van der Waals surface area contributed by atoms with E-state index in [9.17, 15) is 13.6 Å². The fourth-order valence-corrected chi connectivity index (χ4v) is 1.62. The molecule has 0 bridgehead atoms. The van der Waals surface area contributed by atoms with E-state index in [4.69, 9.17) is 0 Å². The first-order chi connectivity index (χ1) is 7.59. The van der Waals surface area contributed by atoms with Crippen molar-refractivity contribution < 1.29 is 13.6 Å². The molecule has 4 heteroatoms. The van der Waals surface area contributed by atoms with Gasteiger partial charge in [0, 0.05) is 18.0 Å². The van der Waals surface area contributed by atoms with Crippen LogP contribution in [0.25, 0.3) is 10.8 Å². The number of hydrogen-bond donors (Lipinski definition) is 1. The Morgan fingerprint density at radius 1 is 1.12 bits per heavy atom. The second kappa shape index (κ2) is 3.89. The highest BCUT2D eigenvalue weighted by atomic mass is 19.1. The van der Waals surface area contributed by atoms with Crippen LogP contribution < -0.4 is 5.32 Å². The van der Waals surface area contributed by atoms with Crippen LogP contribution >= 0.6 is 0 Å². The lowest BCUT2D eigenvalue weighted by atomic mass is 10.1. The van der Waals surface area contributed by atoms with Crippen LogP contribution in [0.15, 0.2) is 30.3 Å². The lowest BCUT2D eigenvalue weighted by Gasteiger charge is -2.08. The highest BCUT2D eigenvalue weighted by Crippen LogP contribution is 2.27. The zero-order valence-electron chi connectivity index (χ0n) is 8.55. The molecular weight excluding hydrogens is 212 g/mol. The molecule has 0 fully saturated rings. The summed E-state index contributed by atoms with van der Waals surface area (Å²) in [7, 11) is 0. The summed E-state index contributed by atoms with van der Waals surface area (Å²) >= 11 is 0. The smallest absolute Gasteiger partial charge is 0.221 e. The molecule has 0 aliphatic carbocycles. The molecule has 0 radical (unpaired) electrons.